The Morgan fingerprint density at radius 1 is 0.810 bits per heavy atom. The van der Waals surface area contributed by atoms with Crippen LogP contribution in [0.5, 0.6) is 0 Å². The van der Waals surface area contributed by atoms with Crippen molar-refractivity contribution in [1.82, 2.24) is 0 Å². The van der Waals surface area contributed by atoms with Gasteiger partial charge in [-0.2, -0.15) is 0 Å². The number of fused-ring (bicyclic) bond motifs is 1. The van der Waals surface area contributed by atoms with Crippen LogP contribution in [-0.4, -0.2) is 0 Å². The van der Waals surface area contributed by atoms with Gasteiger partial charge in [0.15, 0.2) is 0 Å². The molecule has 0 fully saturated rings. The lowest BCUT2D eigenvalue weighted by Crippen LogP contribution is -1.96. The SMILES string of the molecule is Fc1ccc(C(Br)c2ccc(Cl)c3ccccc23)c(Cl)c1. The molecule has 0 aliphatic heterocycles. The molecule has 0 bridgehead atoms. The molecule has 0 amide bonds. The predicted molar refractivity (Wildman–Crippen MR) is 91.1 cm³/mol. The van der Waals surface area contributed by atoms with Crippen LogP contribution in [0, 0.1) is 5.82 Å². The summed E-state index contributed by atoms with van der Waals surface area (Å²) in [5.74, 6) is -0.343. The summed E-state index contributed by atoms with van der Waals surface area (Å²) in [6, 6.07) is 16.2. The van der Waals surface area contributed by atoms with Crippen molar-refractivity contribution in [3.05, 3.63) is 81.6 Å². The predicted octanol–water partition coefficient (Wildman–Crippen LogP) is 6.77. The standard InChI is InChI=1S/C17H10BrCl2F/c18-17(14-6-5-10(21)9-16(14)20)13-7-8-15(19)12-4-2-1-3-11(12)13/h1-9,17H. The molecule has 0 N–H and O–H groups in total. The molecular formula is C17H10BrCl2F. The first-order chi connectivity index (χ1) is 10.1. The number of alkyl halides is 1. The summed E-state index contributed by atoms with van der Waals surface area (Å²) < 4.78 is 13.2. The largest absolute Gasteiger partial charge is 0.207 e. The minimum atomic E-state index is -0.343. The van der Waals surface area contributed by atoms with Crippen molar-refractivity contribution in [3.63, 3.8) is 0 Å². The molecule has 0 spiro atoms. The van der Waals surface area contributed by atoms with Crippen LogP contribution < -0.4 is 0 Å². The van der Waals surface area contributed by atoms with E-state index >= 15 is 0 Å². The van der Waals surface area contributed by atoms with Crippen LogP contribution >= 0.6 is 39.1 Å². The van der Waals surface area contributed by atoms with Crippen LogP contribution in [0.3, 0.4) is 0 Å². The fraction of sp³-hybridized carbons (Fsp3) is 0.0588. The second-order valence-electron chi connectivity index (χ2n) is 4.71. The zero-order valence-electron chi connectivity index (χ0n) is 10.8. The highest BCUT2D eigenvalue weighted by Gasteiger charge is 2.17. The first-order valence-corrected chi connectivity index (χ1v) is 8.01. The smallest absolute Gasteiger partial charge is 0.124 e. The molecule has 106 valence electrons. The fourth-order valence-electron chi connectivity index (χ4n) is 2.38. The number of rotatable bonds is 2. The molecule has 0 aliphatic carbocycles. The maximum absolute atomic E-state index is 13.2. The molecule has 1 unspecified atom stereocenters. The normalized spacial score (nSPS) is 12.6. The van der Waals surface area contributed by atoms with Gasteiger partial charge in [-0.05, 0) is 34.7 Å². The zero-order chi connectivity index (χ0) is 15.0. The summed E-state index contributed by atoms with van der Waals surface area (Å²) in [7, 11) is 0. The van der Waals surface area contributed by atoms with Crippen LogP contribution in [0.4, 0.5) is 4.39 Å². The summed E-state index contributed by atoms with van der Waals surface area (Å²) in [4.78, 5) is -0.132. The lowest BCUT2D eigenvalue weighted by molar-refractivity contribution is 0.627. The van der Waals surface area contributed by atoms with E-state index in [2.05, 4.69) is 15.9 Å². The molecule has 0 radical (unpaired) electrons. The average molecular weight is 384 g/mol. The summed E-state index contributed by atoms with van der Waals surface area (Å²) in [6.07, 6.45) is 0. The first kappa shape index (κ1) is 14.8. The third-order valence-corrected chi connectivity index (χ3v) is 5.06. The van der Waals surface area contributed by atoms with Gasteiger partial charge in [0.1, 0.15) is 5.82 Å². The molecular weight excluding hydrogens is 374 g/mol. The van der Waals surface area contributed by atoms with Crippen molar-refractivity contribution >= 4 is 49.9 Å². The highest BCUT2D eigenvalue weighted by Crippen LogP contribution is 2.40. The Bertz CT molecular complexity index is 817. The molecule has 0 aliphatic rings. The quantitative estimate of drug-likeness (QED) is 0.428. The first-order valence-electron chi connectivity index (χ1n) is 6.34. The van der Waals surface area contributed by atoms with Crippen LogP contribution in [0.1, 0.15) is 16.0 Å². The maximum Gasteiger partial charge on any atom is 0.124 e. The molecule has 3 aromatic carbocycles. The monoisotopic (exact) mass is 382 g/mol. The minimum Gasteiger partial charge on any atom is -0.207 e. The van der Waals surface area contributed by atoms with E-state index in [0.717, 1.165) is 21.9 Å². The highest BCUT2D eigenvalue weighted by molar-refractivity contribution is 9.09. The summed E-state index contributed by atoms with van der Waals surface area (Å²) in [5, 5.41) is 3.14. The van der Waals surface area contributed by atoms with E-state index in [-0.39, 0.29) is 10.6 Å². The van der Waals surface area contributed by atoms with E-state index in [4.69, 9.17) is 23.2 Å². The zero-order valence-corrected chi connectivity index (χ0v) is 13.9. The molecule has 0 saturated heterocycles. The maximum atomic E-state index is 13.2. The Morgan fingerprint density at radius 2 is 1.48 bits per heavy atom. The van der Waals surface area contributed by atoms with Crippen LogP contribution in [-0.2, 0) is 0 Å². The van der Waals surface area contributed by atoms with E-state index in [1.165, 1.54) is 12.1 Å². The van der Waals surface area contributed by atoms with E-state index in [9.17, 15) is 4.39 Å². The van der Waals surface area contributed by atoms with Gasteiger partial charge in [-0.3, -0.25) is 0 Å². The van der Waals surface area contributed by atoms with Gasteiger partial charge in [-0.15, -0.1) is 0 Å². The van der Waals surface area contributed by atoms with Gasteiger partial charge < -0.3 is 0 Å². The third-order valence-electron chi connectivity index (χ3n) is 3.41. The lowest BCUT2D eigenvalue weighted by atomic mass is 9.98. The Hall–Kier alpha value is -1.09. The second-order valence-corrected chi connectivity index (χ2v) is 6.44. The minimum absolute atomic E-state index is 0.132. The third kappa shape index (κ3) is 2.80. The molecule has 0 aromatic heterocycles. The Morgan fingerprint density at radius 3 is 2.19 bits per heavy atom. The fourth-order valence-corrected chi connectivity index (χ4v) is 3.82. The van der Waals surface area contributed by atoms with Gasteiger partial charge in [0.2, 0.25) is 0 Å². The summed E-state index contributed by atoms with van der Waals surface area (Å²) in [6.45, 7) is 0. The van der Waals surface area contributed by atoms with Crippen molar-refractivity contribution in [3.8, 4) is 0 Å². The van der Waals surface area contributed by atoms with Gasteiger partial charge in [-0.1, -0.05) is 75.5 Å². The molecule has 0 nitrogen and oxygen atoms in total. The summed E-state index contributed by atoms with van der Waals surface area (Å²) >= 11 is 16.1. The topological polar surface area (TPSA) is 0 Å². The molecule has 1 atom stereocenters. The lowest BCUT2D eigenvalue weighted by Gasteiger charge is -2.16. The van der Waals surface area contributed by atoms with Crippen molar-refractivity contribution in [2.45, 2.75) is 4.83 Å². The van der Waals surface area contributed by atoms with E-state index < -0.39 is 0 Å². The van der Waals surface area contributed by atoms with Gasteiger partial charge in [0.25, 0.3) is 0 Å². The number of halogens is 4. The second kappa shape index (κ2) is 5.96. The van der Waals surface area contributed by atoms with E-state index in [1.807, 2.05) is 36.4 Å². The molecule has 3 rings (SSSR count). The molecule has 4 heteroatoms. The number of hydrogen-bond donors (Lipinski definition) is 0. The Balaban J connectivity index is 2.18. The van der Waals surface area contributed by atoms with Crippen LogP contribution in [0.15, 0.2) is 54.6 Å². The van der Waals surface area contributed by atoms with Crippen molar-refractivity contribution in [1.29, 1.82) is 0 Å². The van der Waals surface area contributed by atoms with Gasteiger partial charge in [0.05, 0.1) is 4.83 Å². The van der Waals surface area contributed by atoms with Crippen molar-refractivity contribution in [2.75, 3.05) is 0 Å². The van der Waals surface area contributed by atoms with Crippen molar-refractivity contribution < 1.29 is 4.39 Å². The van der Waals surface area contributed by atoms with Gasteiger partial charge >= 0.3 is 0 Å². The van der Waals surface area contributed by atoms with Crippen LogP contribution in [0.25, 0.3) is 10.8 Å². The Labute approximate surface area is 140 Å². The molecule has 3 aromatic rings. The summed E-state index contributed by atoms with van der Waals surface area (Å²) in [5.41, 5.74) is 1.87. The van der Waals surface area contributed by atoms with Gasteiger partial charge in [-0.25, -0.2) is 4.39 Å². The molecule has 21 heavy (non-hydrogen) atoms. The van der Waals surface area contributed by atoms with E-state index in [0.29, 0.717) is 10.0 Å². The van der Waals surface area contributed by atoms with Gasteiger partial charge in [0, 0.05) is 15.4 Å². The average Bonchev–Trinajstić information content (AvgIpc) is 2.47. The molecule has 0 heterocycles. The Kier molecular flexibility index (Phi) is 4.21. The van der Waals surface area contributed by atoms with E-state index in [1.54, 1.807) is 6.07 Å². The number of hydrogen-bond acceptors (Lipinski definition) is 0. The van der Waals surface area contributed by atoms with Crippen LogP contribution in [0.2, 0.25) is 10.0 Å². The highest BCUT2D eigenvalue weighted by atomic mass is 79.9. The van der Waals surface area contributed by atoms with Crippen molar-refractivity contribution in [2.24, 2.45) is 0 Å². The molecule has 0 saturated carbocycles. The number of benzene rings is 3.